The van der Waals surface area contributed by atoms with E-state index >= 15 is 0 Å². The standard InChI is InChI=1S/C13H20BrN3/c1-2-16-5-7-17(8-6-16)10-11-9-12(14)3-4-13(11)15/h3-4,9H,2,5-8,10,15H2,1H3. The van der Waals surface area contributed by atoms with Gasteiger partial charge in [0.05, 0.1) is 0 Å². The lowest BCUT2D eigenvalue weighted by Crippen LogP contribution is -2.45. The second kappa shape index (κ2) is 5.85. The molecule has 0 unspecified atom stereocenters. The molecule has 1 saturated heterocycles. The molecule has 0 aliphatic carbocycles. The summed E-state index contributed by atoms with van der Waals surface area (Å²) in [4.78, 5) is 4.96. The summed E-state index contributed by atoms with van der Waals surface area (Å²) in [6.45, 7) is 8.96. The largest absolute Gasteiger partial charge is 0.398 e. The van der Waals surface area contributed by atoms with Gasteiger partial charge in [0.25, 0.3) is 0 Å². The van der Waals surface area contributed by atoms with Gasteiger partial charge in [-0.15, -0.1) is 0 Å². The van der Waals surface area contributed by atoms with Crippen molar-refractivity contribution in [2.45, 2.75) is 13.5 Å². The lowest BCUT2D eigenvalue weighted by atomic mass is 10.1. The number of nitrogens with zero attached hydrogens (tertiary/aromatic N) is 2. The zero-order valence-corrected chi connectivity index (χ0v) is 11.9. The van der Waals surface area contributed by atoms with E-state index in [0.29, 0.717) is 0 Å². The molecule has 0 spiro atoms. The van der Waals surface area contributed by atoms with Crippen LogP contribution in [0.2, 0.25) is 0 Å². The Bertz CT molecular complexity index is 373. The third-order valence-corrected chi connectivity index (χ3v) is 3.90. The van der Waals surface area contributed by atoms with Crippen molar-refractivity contribution in [1.82, 2.24) is 9.80 Å². The fourth-order valence-electron chi connectivity index (χ4n) is 2.22. The number of halogens is 1. The maximum absolute atomic E-state index is 6.00. The van der Waals surface area contributed by atoms with E-state index in [1.807, 2.05) is 12.1 Å². The summed E-state index contributed by atoms with van der Waals surface area (Å²) in [5, 5.41) is 0. The minimum Gasteiger partial charge on any atom is -0.398 e. The number of hydrogen-bond donors (Lipinski definition) is 1. The molecule has 3 nitrogen and oxygen atoms in total. The van der Waals surface area contributed by atoms with Crippen LogP contribution in [0.3, 0.4) is 0 Å². The molecule has 1 aliphatic heterocycles. The first-order valence-electron chi connectivity index (χ1n) is 6.17. The van der Waals surface area contributed by atoms with Crippen molar-refractivity contribution in [2.75, 3.05) is 38.5 Å². The molecule has 0 saturated carbocycles. The normalized spacial score (nSPS) is 18.5. The van der Waals surface area contributed by atoms with Gasteiger partial charge in [0.15, 0.2) is 0 Å². The van der Waals surface area contributed by atoms with E-state index in [-0.39, 0.29) is 0 Å². The van der Waals surface area contributed by atoms with Crippen LogP contribution in [0, 0.1) is 0 Å². The predicted molar refractivity (Wildman–Crippen MR) is 75.9 cm³/mol. The number of rotatable bonds is 3. The van der Waals surface area contributed by atoms with E-state index in [9.17, 15) is 0 Å². The van der Waals surface area contributed by atoms with E-state index in [0.717, 1.165) is 36.3 Å². The number of anilines is 1. The van der Waals surface area contributed by atoms with Gasteiger partial charge < -0.3 is 10.6 Å². The molecule has 4 heteroatoms. The highest BCUT2D eigenvalue weighted by Gasteiger charge is 2.16. The number of benzene rings is 1. The molecule has 2 N–H and O–H groups in total. The summed E-state index contributed by atoms with van der Waals surface area (Å²) >= 11 is 3.50. The van der Waals surface area contributed by atoms with Crippen LogP contribution >= 0.6 is 15.9 Å². The van der Waals surface area contributed by atoms with Crippen molar-refractivity contribution in [2.24, 2.45) is 0 Å². The van der Waals surface area contributed by atoms with Crippen LogP contribution < -0.4 is 5.73 Å². The van der Waals surface area contributed by atoms with Gasteiger partial charge in [-0.25, -0.2) is 0 Å². The van der Waals surface area contributed by atoms with E-state index in [1.54, 1.807) is 0 Å². The topological polar surface area (TPSA) is 32.5 Å². The van der Waals surface area contributed by atoms with Crippen molar-refractivity contribution >= 4 is 21.6 Å². The van der Waals surface area contributed by atoms with Crippen LogP contribution in [-0.4, -0.2) is 42.5 Å². The monoisotopic (exact) mass is 297 g/mol. The average Bonchev–Trinajstić information content (AvgIpc) is 2.35. The smallest absolute Gasteiger partial charge is 0.0360 e. The summed E-state index contributed by atoms with van der Waals surface area (Å²) in [7, 11) is 0. The Morgan fingerprint density at radius 3 is 2.47 bits per heavy atom. The summed E-state index contributed by atoms with van der Waals surface area (Å²) in [5.74, 6) is 0. The predicted octanol–water partition coefficient (Wildman–Crippen LogP) is 2.17. The Hall–Kier alpha value is -0.580. The van der Waals surface area contributed by atoms with Gasteiger partial charge in [0.2, 0.25) is 0 Å². The zero-order valence-electron chi connectivity index (χ0n) is 10.3. The fraction of sp³-hybridized carbons (Fsp3) is 0.538. The zero-order chi connectivity index (χ0) is 12.3. The van der Waals surface area contributed by atoms with Crippen molar-refractivity contribution in [3.05, 3.63) is 28.2 Å². The molecule has 1 fully saturated rings. The first-order chi connectivity index (χ1) is 8.19. The highest BCUT2D eigenvalue weighted by Crippen LogP contribution is 2.20. The first kappa shape index (κ1) is 12.9. The average molecular weight is 298 g/mol. The summed E-state index contributed by atoms with van der Waals surface area (Å²) in [6.07, 6.45) is 0. The van der Waals surface area contributed by atoms with Crippen LogP contribution in [0.25, 0.3) is 0 Å². The van der Waals surface area contributed by atoms with Gasteiger partial charge >= 0.3 is 0 Å². The molecule has 0 amide bonds. The van der Waals surface area contributed by atoms with Crippen LogP contribution in [0.4, 0.5) is 5.69 Å². The molecule has 17 heavy (non-hydrogen) atoms. The Labute approximate surface area is 112 Å². The first-order valence-corrected chi connectivity index (χ1v) is 6.97. The van der Waals surface area contributed by atoms with Crippen molar-refractivity contribution in [1.29, 1.82) is 0 Å². The molecule has 94 valence electrons. The minimum absolute atomic E-state index is 0.895. The lowest BCUT2D eigenvalue weighted by Gasteiger charge is -2.34. The summed E-state index contributed by atoms with van der Waals surface area (Å²) < 4.78 is 1.11. The van der Waals surface area contributed by atoms with Crippen molar-refractivity contribution < 1.29 is 0 Å². The number of nitrogen functional groups attached to an aromatic ring is 1. The molecule has 1 heterocycles. The molecule has 0 bridgehead atoms. The number of hydrogen-bond acceptors (Lipinski definition) is 3. The van der Waals surface area contributed by atoms with Gasteiger partial charge in [0, 0.05) is 42.9 Å². The third kappa shape index (κ3) is 3.44. The summed E-state index contributed by atoms with van der Waals surface area (Å²) in [5.41, 5.74) is 8.12. The number of nitrogens with two attached hydrogens (primary N) is 1. The van der Waals surface area contributed by atoms with Gasteiger partial charge in [-0.05, 0) is 30.3 Å². The molecule has 1 aromatic carbocycles. The Morgan fingerprint density at radius 1 is 1.18 bits per heavy atom. The molecule has 0 aromatic heterocycles. The van der Waals surface area contributed by atoms with Crippen LogP contribution in [0.15, 0.2) is 22.7 Å². The number of piperazine rings is 1. The van der Waals surface area contributed by atoms with Gasteiger partial charge in [-0.2, -0.15) is 0 Å². The molecule has 0 atom stereocenters. The fourth-order valence-corrected chi connectivity index (χ4v) is 2.62. The van der Waals surface area contributed by atoms with Gasteiger partial charge in [0.1, 0.15) is 0 Å². The molecular weight excluding hydrogens is 278 g/mol. The quantitative estimate of drug-likeness (QED) is 0.868. The second-order valence-electron chi connectivity index (χ2n) is 4.55. The Balaban J connectivity index is 1.95. The molecule has 1 aromatic rings. The SMILES string of the molecule is CCN1CCN(Cc2cc(Br)ccc2N)CC1. The maximum atomic E-state index is 6.00. The van der Waals surface area contributed by atoms with E-state index in [4.69, 9.17) is 5.73 Å². The second-order valence-corrected chi connectivity index (χ2v) is 5.47. The molecular formula is C13H20BrN3. The minimum atomic E-state index is 0.895. The summed E-state index contributed by atoms with van der Waals surface area (Å²) in [6, 6.07) is 6.09. The third-order valence-electron chi connectivity index (χ3n) is 3.41. The Morgan fingerprint density at radius 2 is 1.82 bits per heavy atom. The van der Waals surface area contributed by atoms with E-state index in [1.165, 1.54) is 18.7 Å². The van der Waals surface area contributed by atoms with Crippen LogP contribution in [-0.2, 0) is 6.54 Å². The van der Waals surface area contributed by atoms with E-state index in [2.05, 4.69) is 38.7 Å². The number of likely N-dealkylation sites (N-methyl/N-ethyl adjacent to an activating group) is 1. The van der Waals surface area contributed by atoms with Crippen molar-refractivity contribution in [3.63, 3.8) is 0 Å². The molecule has 2 rings (SSSR count). The lowest BCUT2D eigenvalue weighted by molar-refractivity contribution is 0.132. The van der Waals surface area contributed by atoms with Gasteiger partial charge in [-0.3, -0.25) is 4.90 Å². The van der Waals surface area contributed by atoms with E-state index < -0.39 is 0 Å². The van der Waals surface area contributed by atoms with Crippen LogP contribution in [0.1, 0.15) is 12.5 Å². The molecule has 1 aliphatic rings. The van der Waals surface area contributed by atoms with Crippen LogP contribution in [0.5, 0.6) is 0 Å². The maximum Gasteiger partial charge on any atom is 0.0360 e. The Kier molecular flexibility index (Phi) is 4.42. The van der Waals surface area contributed by atoms with Gasteiger partial charge in [-0.1, -0.05) is 22.9 Å². The highest BCUT2D eigenvalue weighted by molar-refractivity contribution is 9.10. The van der Waals surface area contributed by atoms with Crippen molar-refractivity contribution in [3.8, 4) is 0 Å². The highest BCUT2D eigenvalue weighted by atomic mass is 79.9. The molecule has 0 radical (unpaired) electrons.